The first kappa shape index (κ1) is 24.7. The molecular formula is C27H29N5O4. The first-order valence-corrected chi connectivity index (χ1v) is 11.7. The Labute approximate surface area is 210 Å². The number of aromatic nitrogens is 1. The smallest absolute Gasteiger partial charge is 0.257 e. The fourth-order valence-corrected chi connectivity index (χ4v) is 4.16. The monoisotopic (exact) mass is 487 g/mol. The summed E-state index contributed by atoms with van der Waals surface area (Å²) < 4.78 is 5.22. The number of hydrogen-bond acceptors (Lipinski definition) is 6. The summed E-state index contributed by atoms with van der Waals surface area (Å²) in [6, 6.07) is 16.1. The van der Waals surface area contributed by atoms with Crippen molar-refractivity contribution in [1.82, 2.24) is 15.2 Å². The van der Waals surface area contributed by atoms with Crippen molar-refractivity contribution in [3.05, 3.63) is 83.7 Å². The number of anilines is 2. The van der Waals surface area contributed by atoms with Gasteiger partial charge in [0.2, 0.25) is 5.91 Å². The van der Waals surface area contributed by atoms with E-state index in [0.717, 1.165) is 11.3 Å². The second-order valence-electron chi connectivity index (χ2n) is 8.45. The van der Waals surface area contributed by atoms with E-state index < -0.39 is 0 Å². The summed E-state index contributed by atoms with van der Waals surface area (Å²) in [4.78, 5) is 46.0. The zero-order valence-corrected chi connectivity index (χ0v) is 20.4. The maximum atomic E-state index is 12.9. The van der Waals surface area contributed by atoms with Gasteiger partial charge in [-0.2, -0.15) is 0 Å². The summed E-state index contributed by atoms with van der Waals surface area (Å²) in [5.74, 6) is 0.0438. The van der Waals surface area contributed by atoms with Crippen molar-refractivity contribution >= 4 is 29.1 Å². The molecule has 1 fully saturated rings. The van der Waals surface area contributed by atoms with Crippen molar-refractivity contribution in [1.29, 1.82) is 0 Å². The Balaban J connectivity index is 1.31. The van der Waals surface area contributed by atoms with Crippen LogP contribution in [0, 0.1) is 6.92 Å². The number of piperazine rings is 1. The van der Waals surface area contributed by atoms with Crippen LogP contribution in [0.3, 0.4) is 0 Å². The van der Waals surface area contributed by atoms with Crippen LogP contribution in [0.2, 0.25) is 0 Å². The van der Waals surface area contributed by atoms with Gasteiger partial charge in [-0.3, -0.25) is 19.4 Å². The molecule has 0 radical (unpaired) electrons. The average molecular weight is 488 g/mol. The van der Waals surface area contributed by atoms with Gasteiger partial charge in [0.1, 0.15) is 5.75 Å². The van der Waals surface area contributed by atoms with Crippen molar-refractivity contribution in [2.24, 2.45) is 0 Å². The molecule has 0 spiro atoms. The van der Waals surface area contributed by atoms with Gasteiger partial charge in [0.15, 0.2) is 0 Å². The van der Waals surface area contributed by atoms with Crippen molar-refractivity contribution in [2.45, 2.75) is 6.92 Å². The summed E-state index contributed by atoms with van der Waals surface area (Å²) in [7, 11) is 1.58. The maximum Gasteiger partial charge on any atom is 0.257 e. The summed E-state index contributed by atoms with van der Waals surface area (Å²) in [5.41, 5.74) is 3.32. The molecule has 2 N–H and O–H groups in total. The molecule has 0 atom stereocenters. The Hall–Kier alpha value is -4.40. The van der Waals surface area contributed by atoms with Gasteiger partial charge < -0.3 is 25.2 Å². The van der Waals surface area contributed by atoms with Crippen LogP contribution in [-0.2, 0) is 4.79 Å². The van der Waals surface area contributed by atoms with E-state index in [1.54, 1.807) is 60.8 Å². The van der Waals surface area contributed by atoms with Crippen molar-refractivity contribution in [3.8, 4) is 5.75 Å². The van der Waals surface area contributed by atoms with Gasteiger partial charge in [-0.05, 0) is 55.0 Å². The Morgan fingerprint density at radius 3 is 2.44 bits per heavy atom. The summed E-state index contributed by atoms with van der Waals surface area (Å²) >= 11 is 0. The number of amides is 3. The SMILES string of the molecule is COc1ccc(C(=O)NCC(=O)N2CCN(c3ccccc3C(=O)Nc3cccnc3)CC2)cc1C. The number of carbonyl (C=O) groups is 3. The van der Waals surface area contributed by atoms with Crippen molar-refractivity contribution in [2.75, 3.05) is 50.1 Å². The van der Waals surface area contributed by atoms with Gasteiger partial charge in [-0.25, -0.2) is 0 Å². The standard InChI is InChI=1S/C27H29N5O4/c1-19-16-20(9-10-24(19)36-2)26(34)29-18-25(33)32-14-12-31(13-15-32)23-8-4-3-7-22(23)27(35)30-21-6-5-11-28-17-21/h3-11,16-17H,12-15,18H2,1-2H3,(H,29,34)(H,30,35). The number of carbonyl (C=O) groups excluding carboxylic acids is 3. The Morgan fingerprint density at radius 1 is 0.972 bits per heavy atom. The predicted octanol–water partition coefficient (Wildman–Crippen LogP) is 2.73. The van der Waals surface area contributed by atoms with Crippen LogP contribution in [0.15, 0.2) is 67.0 Å². The number of hydrogen-bond donors (Lipinski definition) is 2. The molecule has 9 nitrogen and oxygen atoms in total. The third-order valence-corrected chi connectivity index (χ3v) is 6.10. The molecule has 0 bridgehead atoms. The molecule has 0 aliphatic carbocycles. The number of methoxy groups -OCH3 is 1. The first-order chi connectivity index (χ1) is 17.5. The molecule has 3 amide bonds. The van der Waals surface area contributed by atoms with Gasteiger partial charge in [0.05, 0.1) is 31.1 Å². The van der Waals surface area contributed by atoms with Gasteiger partial charge in [0, 0.05) is 43.6 Å². The molecule has 36 heavy (non-hydrogen) atoms. The van der Waals surface area contributed by atoms with Gasteiger partial charge in [-0.15, -0.1) is 0 Å². The summed E-state index contributed by atoms with van der Waals surface area (Å²) in [6.07, 6.45) is 3.25. The van der Waals surface area contributed by atoms with Crippen molar-refractivity contribution in [3.63, 3.8) is 0 Å². The van der Waals surface area contributed by atoms with E-state index in [0.29, 0.717) is 48.7 Å². The highest BCUT2D eigenvalue weighted by Gasteiger charge is 2.24. The fourth-order valence-electron chi connectivity index (χ4n) is 4.16. The van der Waals surface area contributed by atoms with E-state index in [9.17, 15) is 14.4 Å². The first-order valence-electron chi connectivity index (χ1n) is 11.7. The van der Waals surface area contributed by atoms with Crippen LogP contribution < -0.4 is 20.3 Å². The highest BCUT2D eigenvalue weighted by molar-refractivity contribution is 6.08. The number of nitrogens with zero attached hydrogens (tertiary/aromatic N) is 3. The lowest BCUT2D eigenvalue weighted by Crippen LogP contribution is -2.51. The lowest BCUT2D eigenvalue weighted by atomic mass is 10.1. The number of pyridine rings is 1. The largest absolute Gasteiger partial charge is 0.496 e. The molecule has 0 unspecified atom stereocenters. The van der Waals surface area contributed by atoms with Gasteiger partial charge in [-0.1, -0.05) is 12.1 Å². The van der Waals surface area contributed by atoms with Gasteiger partial charge in [0.25, 0.3) is 11.8 Å². The number of benzene rings is 2. The zero-order valence-electron chi connectivity index (χ0n) is 20.4. The summed E-state index contributed by atoms with van der Waals surface area (Å²) in [6.45, 7) is 3.93. The highest BCUT2D eigenvalue weighted by atomic mass is 16.5. The second kappa shape index (κ2) is 11.4. The van der Waals surface area contributed by atoms with E-state index in [-0.39, 0.29) is 24.3 Å². The minimum Gasteiger partial charge on any atom is -0.496 e. The van der Waals surface area contributed by atoms with Crippen LogP contribution >= 0.6 is 0 Å². The molecular weight excluding hydrogens is 458 g/mol. The minimum atomic E-state index is -0.304. The molecule has 1 aromatic heterocycles. The number of rotatable bonds is 7. The Bertz CT molecular complexity index is 1240. The van der Waals surface area contributed by atoms with Crippen LogP contribution in [0.25, 0.3) is 0 Å². The minimum absolute atomic E-state index is 0.0754. The molecule has 186 valence electrons. The molecule has 1 aliphatic rings. The molecule has 2 aromatic carbocycles. The number of para-hydroxylation sites is 1. The molecule has 0 saturated carbocycles. The lowest BCUT2D eigenvalue weighted by molar-refractivity contribution is -0.130. The van der Waals surface area contributed by atoms with E-state index in [1.165, 1.54) is 0 Å². The molecule has 1 aliphatic heterocycles. The van der Waals surface area contributed by atoms with Crippen molar-refractivity contribution < 1.29 is 19.1 Å². The third-order valence-electron chi connectivity index (χ3n) is 6.10. The van der Waals surface area contributed by atoms with Gasteiger partial charge >= 0.3 is 0 Å². The maximum absolute atomic E-state index is 12.9. The topological polar surface area (TPSA) is 104 Å². The normalized spacial score (nSPS) is 13.2. The lowest BCUT2D eigenvalue weighted by Gasteiger charge is -2.37. The van der Waals surface area contributed by atoms with Crippen LogP contribution in [0.5, 0.6) is 5.75 Å². The number of nitrogens with one attached hydrogen (secondary N) is 2. The fraction of sp³-hybridized carbons (Fsp3) is 0.259. The average Bonchev–Trinajstić information content (AvgIpc) is 2.92. The molecule has 4 rings (SSSR count). The van der Waals surface area contributed by atoms with Crippen LogP contribution in [0.1, 0.15) is 26.3 Å². The highest BCUT2D eigenvalue weighted by Crippen LogP contribution is 2.23. The second-order valence-corrected chi connectivity index (χ2v) is 8.45. The van der Waals surface area contributed by atoms with E-state index in [1.807, 2.05) is 25.1 Å². The van der Waals surface area contributed by atoms with E-state index >= 15 is 0 Å². The zero-order chi connectivity index (χ0) is 25.5. The Morgan fingerprint density at radius 2 is 1.75 bits per heavy atom. The quantitative estimate of drug-likeness (QED) is 0.531. The summed E-state index contributed by atoms with van der Waals surface area (Å²) in [5, 5.41) is 5.58. The molecule has 9 heteroatoms. The van der Waals surface area contributed by atoms with E-state index in [4.69, 9.17) is 4.74 Å². The van der Waals surface area contributed by atoms with Crippen LogP contribution in [0.4, 0.5) is 11.4 Å². The van der Waals surface area contributed by atoms with E-state index in [2.05, 4.69) is 20.5 Å². The molecule has 1 saturated heterocycles. The predicted molar refractivity (Wildman–Crippen MR) is 137 cm³/mol. The Kier molecular flexibility index (Phi) is 7.79. The third kappa shape index (κ3) is 5.80. The number of aryl methyl sites for hydroxylation is 1. The number of ether oxygens (including phenoxy) is 1. The molecule has 2 heterocycles. The molecule has 3 aromatic rings. The van der Waals surface area contributed by atoms with Crippen LogP contribution in [-0.4, -0.2) is 67.4 Å².